The zero-order valence-electron chi connectivity index (χ0n) is 20.0. The molecule has 2 aromatic rings. The van der Waals surface area contributed by atoms with E-state index in [4.69, 9.17) is 0 Å². The van der Waals surface area contributed by atoms with Gasteiger partial charge in [-0.25, -0.2) is 4.79 Å². The summed E-state index contributed by atoms with van der Waals surface area (Å²) >= 11 is 0. The third-order valence-corrected chi connectivity index (χ3v) is 6.99. The Morgan fingerprint density at radius 2 is 1.83 bits per heavy atom. The van der Waals surface area contributed by atoms with Gasteiger partial charge in [0.2, 0.25) is 11.8 Å². The molecule has 184 valence electrons. The van der Waals surface area contributed by atoms with Crippen molar-refractivity contribution in [1.29, 1.82) is 0 Å². The van der Waals surface area contributed by atoms with Crippen LogP contribution in [0.4, 0.5) is 16.2 Å². The summed E-state index contributed by atoms with van der Waals surface area (Å²) < 4.78 is 0. The molecule has 2 heterocycles. The van der Waals surface area contributed by atoms with Crippen molar-refractivity contribution in [3.05, 3.63) is 69.8 Å². The first-order valence-electron chi connectivity index (χ1n) is 12.1. The van der Waals surface area contributed by atoms with E-state index in [0.717, 1.165) is 35.4 Å². The number of carbonyl (C=O) groups excluding carboxylic acids is 3. The Labute approximate surface area is 204 Å². The summed E-state index contributed by atoms with van der Waals surface area (Å²) in [6, 6.07) is 12.6. The predicted molar refractivity (Wildman–Crippen MR) is 131 cm³/mol. The molecule has 0 bridgehead atoms. The number of rotatable bonds is 8. The second-order valence-electron chi connectivity index (χ2n) is 9.21. The maximum Gasteiger partial charge on any atom is 0.331 e. The number of carbonyl (C=O) groups is 3. The third-order valence-electron chi connectivity index (χ3n) is 6.99. The summed E-state index contributed by atoms with van der Waals surface area (Å²) in [6.07, 6.45) is 3.02. The van der Waals surface area contributed by atoms with E-state index >= 15 is 0 Å². The first kappa shape index (κ1) is 24.4. The van der Waals surface area contributed by atoms with Crippen LogP contribution in [0, 0.1) is 15.5 Å². The van der Waals surface area contributed by atoms with Crippen LogP contribution in [0.15, 0.2) is 48.5 Å². The monoisotopic (exact) mass is 478 g/mol. The van der Waals surface area contributed by atoms with E-state index in [-0.39, 0.29) is 18.7 Å². The fourth-order valence-electron chi connectivity index (χ4n) is 5.31. The highest BCUT2D eigenvalue weighted by molar-refractivity contribution is 6.20. The highest BCUT2D eigenvalue weighted by Gasteiger charge is 2.61. The molecule has 1 N–H and O–H groups in total. The highest BCUT2D eigenvalue weighted by Crippen LogP contribution is 2.47. The quantitative estimate of drug-likeness (QED) is 0.346. The van der Waals surface area contributed by atoms with Crippen LogP contribution in [0.25, 0.3) is 0 Å². The number of anilines is 1. The molecule has 2 aliphatic rings. The zero-order chi connectivity index (χ0) is 25.2. The van der Waals surface area contributed by atoms with Gasteiger partial charge >= 0.3 is 6.03 Å². The van der Waals surface area contributed by atoms with Crippen molar-refractivity contribution in [3.63, 3.8) is 0 Å². The Bertz CT molecular complexity index is 1150. The average Bonchev–Trinajstić information content (AvgIpc) is 2.85. The Morgan fingerprint density at radius 1 is 1.09 bits per heavy atom. The highest BCUT2D eigenvalue weighted by atomic mass is 16.6. The number of nitrogens with zero attached hydrogens (tertiary/aromatic N) is 3. The molecule has 0 aromatic heterocycles. The molecular formula is C26H30N4O5. The number of barbiturate groups is 1. The number of benzene rings is 2. The van der Waals surface area contributed by atoms with Gasteiger partial charge in [-0.15, -0.1) is 0 Å². The van der Waals surface area contributed by atoms with Gasteiger partial charge in [0.1, 0.15) is 0 Å². The number of non-ortho nitro benzene ring substituents is 1. The second-order valence-corrected chi connectivity index (χ2v) is 9.21. The summed E-state index contributed by atoms with van der Waals surface area (Å²) in [4.78, 5) is 54.7. The lowest BCUT2D eigenvalue weighted by Gasteiger charge is -2.52. The molecule has 4 rings (SSSR count). The number of imide groups is 2. The minimum atomic E-state index is -1.56. The lowest BCUT2D eigenvalue weighted by atomic mass is 9.67. The van der Waals surface area contributed by atoms with Gasteiger partial charge in [0, 0.05) is 30.8 Å². The smallest absolute Gasteiger partial charge is 0.331 e. The maximum atomic E-state index is 14.1. The van der Waals surface area contributed by atoms with Crippen LogP contribution in [0.2, 0.25) is 0 Å². The van der Waals surface area contributed by atoms with Crippen molar-refractivity contribution in [1.82, 2.24) is 10.2 Å². The first-order valence-corrected chi connectivity index (χ1v) is 12.1. The SMILES string of the molecule is CCCCN1c2ccc([N+](=O)[O-])cc2C[C@@]2(C(=O)NC(=O)N(Cc3ccccc3)C2=O)[C@@H]1CCC. The molecule has 9 nitrogen and oxygen atoms in total. The topological polar surface area (TPSA) is 113 Å². The average molecular weight is 479 g/mol. The Hall–Kier alpha value is -3.75. The number of fused-ring (bicyclic) bond motifs is 1. The molecule has 0 radical (unpaired) electrons. The lowest BCUT2D eigenvalue weighted by molar-refractivity contribution is -0.384. The first-order chi connectivity index (χ1) is 16.8. The van der Waals surface area contributed by atoms with Gasteiger partial charge < -0.3 is 4.90 Å². The number of nitrogens with one attached hydrogen (secondary N) is 1. The maximum absolute atomic E-state index is 14.1. The number of urea groups is 1. The van der Waals surface area contributed by atoms with Crippen molar-refractivity contribution in [3.8, 4) is 0 Å². The standard InChI is InChI=1S/C26H30N4O5/c1-3-5-14-28-21-13-12-20(30(34)35)15-19(21)16-26(22(28)9-4-2)23(31)27-25(33)29(24(26)32)17-18-10-7-6-8-11-18/h6-8,10-13,15,22H,3-5,9,14,16-17H2,1-2H3,(H,27,31,33)/t22-,26-/m0/s1. The van der Waals surface area contributed by atoms with Crippen molar-refractivity contribution in [2.75, 3.05) is 11.4 Å². The molecule has 1 fully saturated rings. The summed E-state index contributed by atoms with van der Waals surface area (Å²) in [5.74, 6) is -1.18. The number of unbranched alkanes of at least 4 members (excludes halogenated alkanes) is 1. The van der Waals surface area contributed by atoms with E-state index in [9.17, 15) is 24.5 Å². The normalized spacial score (nSPS) is 21.8. The van der Waals surface area contributed by atoms with Crippen molar-refractivity contribution in [2.24, 2.45) is 5.41 Å². The minimum Gasteiger partial charge on any atom is -0.367 e. The number of amides is 4. The molecule has 35 heavy (non-hydrogen) atoms. The molecular weight excluding hydrogens is 448 g/mol. The van der Waals surface area contributed by atoms with Gasteiger partial charge in [0.05, 0.1) is 17.5 Å². The third kappa shape index (κ3) is 4.26. The molecule has 0 unspecified atom stereocenters. The van der Waals surface area contributed by atoms with E-state index in [1.807, 2.05) is 37.3 Å². The van der Waals surface area contributed by atoms with Crippen LogP contribution >= 0.6 is 0 Å². The van der Waals surface area contributed by atoms with Crippen LogP contribution in [0.1, 0.15) is 50.7 Å². The van der Waals surface area contributed by atoms with E-state index in [2.05, 4.69) is 17.1 Å². The van der Waals surface area contributed by atoms with E-state index in [1.165, 1.54) is 12.1 Å². The van der Waals surface area contributed by atoms with E-state index < -0.39 is 34.2 Å². The Balaban J connectivity index is 1.85. The molecule has 1 saturated heterocycles. The van der Waals surface area contributed by atoms with Gasteiger partial charge in [-0.3, -0.25) is 29.9 Å². The van der Waals surface area contributed by atoms with Gasteiger partial charge in [0.25, 0.3) is 5.69 Å². The number of hydrogen-bond donors (Lipinski definition) is 1. The summed E-state index contributed by atoms with van der Waals surface area (Å²) in [5.41, 5.74) is 0.487. The molecule has 0 aliphatic carbocycles. The van der Waals surface area contributed by atoms with Gasteiger partial charge in [-0.2, -0.15) is 0 Å². The fourth-order valence-corrected chi connectivity index (χ4v) is 5.31. The van der Waals surface area contributed by atoms with E-state index in [1.54, 1.807) is 6.07 Å². The minimum absolute atomic E-state index is 0.000537. The van der Waals surface area contributed by atoms with Crippen LogP contribution in [-0.2, 0) is 22.6 Å². The molecule has 4 amide bonds. The van der Waals surface area contributed by atoms with E-state index in [0.29, 0.717) is 18.5 Å². The predicted octanol–water partition coefficient (Wildman–Crippen LogP) is 4.19. The van der Waals surface area contributed by atoms with Gasteiger partial charge in [0.15, 0.2) is 5.41 Å². The Morgan fingerprint density at radius 3 is 2.49 bits per heavy atom. The van der Waals surface area contributed by atoms with Gasteiger partial charge in [-0.05, 0) is 30.0 Å². The second kappa shape index (κ2) is 9.85. The van der Waals surface area contributed by atoms with Crippen molar-refractivity contribution >= 4 is 29.2 Å². The summed E-state index contributed by atoms with van der Waals surface area (Å²) in [7, 11) is 0. The van der Waals surface area contributed by atoms with Crippen molar-refractivity contribution in [2.45, 2.75) is 58.5 Å². The van der Waals surface area contributed by atoms with Crippen LogP contribution < -0.4 is 10.2 Å². The zero-order valence-corrected chi connectivity index (χ0v) is 20.0. The van der Waals surface area contributed by atoms with Crippen molar-refractivity contribution < 1.29 is 19.3 Å². The molecule has 9 heteroatoms. The number of nitro groups is 1. The summed E-state index contributed by atoms with van der Waals surface area (Å²) in [6.45, 7) is 4.69. The fraction of sp³-hybridized carbons (Fsp3) is 0.423. The van der Waals surface area contributed by atoms with Crippen LogP contribution in [-0.4, -0.2) is 40.3 Å². The molecule has 2 aromatic carbocycles. The van der Waals surface area contributed by atoms with Crippen LogP contribution in [0.3, 0.4) is 0 Å². The lowest BCUT2D eigenvalue weighted by Crippen LogP contribution is -2.71. The van der Waals surface area contributed by atoms with Crippen LogP contribution in [0.5, 0.6) is 0 Å². The van der Waals surface area contributed by atoms with Gasteiger partial charge in [-0.1, -0.05) is 57.0 Å². The number of hydrogen-bond acceptors (Lipinski definition) is 6. The molecule has 2 atom stereocenters. The Kier molecular flexibility index (Phi) is 6.86. The summed E-state index contributed by atoms with van der Waals surface area (Å²) in [5, 5.41) is 13.9. The molecule has 2 aliphatic heterocycles. The molecule has 1 spiro atoms. The number of nitro benzene ring substituents is 1. The molecule has 0 saturated carbocycles. The largest absolute Gasteiger partial charge is 0.367 e.